The van der Waals surface area contributed by atoms with Crippen LogP contribution in [0.4, 0.5) is 0 Å². The fourth-order valence-electron chi connectivity index (χ4n) is 1.65. The Balaban J connectivity index is 2.21. The van der Waals surface area contributed by atoms with E-state index in [4.69, 9.17) is 16.3 Å². The van der Waals surface area contributed by atoms with E-state index in [0.29, 0.717) is 6.61 Å². The average molecular weight is 333 g/mol. The van der Waals surface area contributed by atoms with Crippen LogP contribution in [0.3, 0.4) is 0 Å². The normalized spacial score (nSPS) is 31.8. The van der Waals surface area contributed by atoms with Gasteiger partial charge in [-0.15, -0.1) is 23.4 Å². The fraction of sp³-hybridized carbons (Fsp3) is 0.308. The number of thioether (sulfide) groups is 1. The molecule has 0 spiro atoms. The van der Waals surface area contributed by atoms with Crippen molar-refractivity contribution in [2.45, 2.75) is 14.8 Å². The summed E-state index contributed by atoms with van der Waals surface area (Å²) in [5.74, 6) is 0.881. The van der Waals surface area contributed by atoms with Crippen LogP contribution >= 0.6 is 39.3 Å². The smallest absolute Gasteiger partial charge is 0.119 e. The van der Waals surface area contributed by atoms with Gasteiger partial charge in [0.25, 0.3) is 0 Å². The lowest BCUT2D eigenvalue weighted by Gasteiger charge is -2.23. The molecule has 0 aliphatic carbocycles. The summed E-state index contributed by atoms with van der Waals surface area (Å²) in [6.45, 7) is 6.57. The molecule has 0 amide bonds. The van der Waals surface area contributed by atoms with Crippen LogP contribution in [0.2, 0.25) is 0 Å². The maximum Gasteiger partial charge on any atom is 0.119 e. The van der Waals surface area contributed by atoms with Gasteiger partial charge in [0.1, 0.15) is 13.6 Å². The lowest BCUT2D eigenvalue weighted by Crippen LogP contribution is -2.12. The van der Waals surface area contributed by atoms with Crippen molar-refractivity contribution in [3.63, 3.8) is 0 Å². The standard InChI is InChI=1S/C13H13BrClOS/c1-3-16-11-6-4-10(5-7-11)13(14)9-8-12(2,15)17-13/h4-9H,2-3H2,1H3. The predicted octanol–water partition coefficient (Wildman–Crippen LogP) is 4.71. The van der Waals surface area contributed by atoms with Crippen molar-refractivity contribution in [1.82, 2.24) is 0 Å². The van der Waals surface area contributed by atoms with Gasteiger partial charge in [0, 0.05) is 0 Å². The number of alkyl halides is 2. The van der Waals surface area contributed by atoms with E-state index in [0.717, 1.165) is 11.3 Å². The Kier molecular flexibility index (Phi) is 3.81. The van der Waals surface area contributed by atoms with Crippen LogP contribution in [0, 0.1) is 6.92 Å². The molecule has 0 fully saturated rings. The first-order chi connectivity index (χ1) is 7.95. The summed E-state index contributed by atoms with van der Waals surface area (Å²) >= 11 is 11.5. The van der Waals surface area contributed by atoms with Crippen molar-refractivity contribution < 1.29 is 4.74 Å². The third-order valence-electron chi connectivity index (χ3n) is 2.42. The second kappa shape index (κ2) is 4.87. The van der Waals surface area contributed by atoms with E-state index in [-0.39, 0.29) is 3.66 Å². The summed E-state index contributed by atoms with van der Waals surface area (Å²) in [6, 6.07) is 8.01. The zero-order valence-electron chi connectivity index (χ0n) is 9.45. The van der Waals surface area contributed by atoms with Gasteiger partial charge >= 0.3 is 0 Å². The van der Waals surface area contributed by atoms with E-state index >= 15 is 0 Å². The maximum atomic E-state index is 6.19. The Labute approximate surface area is 120 Å². The van der Waals surface area contributed by atoms with E-state index in [9.17, 15) is 0 Å². The molecular weight excluding hydrogens is 320 g/mol. The highest BCUT2D eigenvalue weighted by Gasteiger charge is 2.40. The molecular formula is C13H13BrClOS. The first kappa shape index (κ1) is 13.3. The van der Waals surface area contributed by atoms with Gasteiger partial charge < -0.3 is 4.74 Å². The minimum absolute atomic E-state index is 0.290. The predicted molar refractivity (Wildman–Crippen MR) is 78.9 cm³/mol. The van der Waals surface area contributed by atoms with Gasteiger partial charge in [-0.2, -0.15) is 0 Å². The van der Waals surface area contributed by atoms with Gasteiger partial charge in [0.2, 0.25) is 0 Å². The minimum Gasteiger partial charge on any atom is -0.494 e. The summed E-state index contributed by atoms with van der Waals surface area (Å²) in [5.41, 5.74) is 1.13. The van der Waals surface area contributed by atoms with E-state index < -0.39 is 4.21 Å². The van der Waals surface area contributed by atoms with Crippen molar-refractivity contribution in [1.29, 1.82) is 0 Å². The van der Waals surface area contributed by atoms with Gasteiger partial charge in [-0.3, -0.25) is 0 Å². The van der Waals surface area contributed by atoms with Crippen LogP contribution in [0.1, 0.15) is 12.5 Å². The van der Waals surface area contributed by atoms with Crippen LogP contribution < -0.4 is 4.74 Å². The Morgan fingerprint density at radius 3 is 2.47 bits per heavy atom. The zero-order chi connectivity index (χ0) is 12.5. The van der Waals surface area contributed by atoms with E-state index in [1.165, 1.54) is 0 Å². The van der Waals surface area contributed by atoms with Gasteiger partial charge in [-0.05, 0) is 31.5 Å². The third-order valence-corrected chi connectivity index (χ3v) is 5.13. The van der Waals surface area contributed by atoms with Crippen LogP contribution in [0.25, 0.3) is 0 Å². The highest BCUT2D eigenvalue weighted by Crippen LogP contribution is 2.56. The van der Waals surface area contributed by atoms with Crippen molar-refractivity contribution in [3.05, 3.63) is 48.9 Å². The van der Waals surface area contributed by atoms with E-state index in [1.807, 2.05) is 43.3 Å². The molecule has 0 aromatic heterocycles. The van der Waals surface area contributed by atoms with Crippen molar-refractivity contribution in [2.24, 2.45) is 0 Å². The molecule has 0 N–H and O–H groups in total. The molecule has 0 bridgehead atoms. The Morgan fingerprint density at radius 2 is 2.00 bits per heavy atom. The largest absolute Gasteiger partial charge is 0.494 e. The second-order valence-corrected chi connectivity index (χ2v) is 8.07. The Hall–Kier alpha value is -0.120. The summed E-state index contributed by atoms with van der Waals surface area (Å²) < 4.78 is 4.53. The summed E-state index contributed by atoms with van der Waals surface area (Å²) in [4.78, 5) is 0. The summed E-state index contributed by atoms with van der Waals surface area (Å²) in [6.07, 6.45) is 3.94. The molecule has 17 heavy (non-hydrogen) atoms. The van der Waals surface area contributed by atoms with Crippen molar-refractivity contribution in [2.75, 3.05) is 6.61 Å². The van der Waals surface area contributed by atoms with Crippen LogP contribution in [0.15, 0.2) is 36.4 Å². The highest BCUT2D eigenvalue weighted by molar-refractivity contribution is 9.11. The first-order valence-electron chi connectivity index (χ1n) is 5.32. The maximum absolute atomic E-state index is 6.19. The van der Waals surface area contributed by atoms with E-state index in [1.54, 1.807) is 11.8 Å². The molecule has 0 saturated carbocycles. The molecule has 0 saturated heterocycles. The van der Waals surface area contributed by atoms with Gasteiger partial charge in [0.05, 0.1) is 6.61 Å². The number of halogens is 2. The topological polar surface area (TPSA) is 9.23 Å². The molecule has 2 atom stereocenters. The van der Waals surface area contributed by atoms with E-state index in [2.05, 4.69) is 22.9 Å². The highest BCUT2D eigenvalue weighted by atomic mass is 79.9. The number of benzene rings is 1. The fourth-order valence-corrected chi connectivity index (χ4v) is 4.64. The monoisotopic (exact) mass is 331 g/mol. The molecule has 91 valence electrons. The SMILES string of the molecule is [CH2]C1(Cl)C=CC(Br)(c2ccc(OCC)cc2)S1. The molecule has 4 heteroatoms. The first-order valence-corrected chi connectivity index (χ1v) is 7.31. The molecule has 1 aromatic carbocycles. The molecule has 1 radical (unpaired) electrons. The number of hydrogen-bond acceptors (Lipinski definition) is 2. The summed E-state index contributed by atoms with van der Waals surface area (Å²) in [7, 11) is 0. The quantitative estimate of drug-likeness (QED) is 0.586. The Bertz CT molecular complexity index is 430. The summed E-state index contributed by atoms with van der Waals surface area (Å²) in [5, 5.41) is 0. The molecule has 1 aliphatic rings. The van der Waals surface area contributed by atoms with Crippen LogP contribution in [0.5, 0.6) is 5.75 Å². The molecule has 2 unspecified atom stereocenters. The van der Waals surface area contributed by atoms with Gasteiger partial charge in [0.15, 0.2) is 0 Å². The van der Waals surface area contributed by atoms with Crippen LogP contribution in [-0.4, -0.2) is 10.8 Å². The molecule has 1 aliphatic heterocycles. The minimum atomic E-state index is -0.595. The average Bonchev–Trinajstić information content (AvgIpc) is 2.56. The molecule has 2 rings (SSSR count). The van der Waals surface area contributed by atoms with Crippen molar-refractivity contribution in [3.8, 4) is 5.75 Å². The van der Waals surface area contributed by atoms with Gasteiger partial charge in [-0.1, -0.05) is 40.2 Å². The molecule has 1 nitrogen and oxygen atoms in total. The number of hydrogen-bond donors (Lipinski definition) is 0. The second-order valence-electron chi connectivity index (χ2n) is 3.82. The van der Waals surface area contributed by atoms with Crippen molar-refractivity contribution >= 4 is 39.3 Å². The molecule has 1 heterocycles. The van der Waals surface area contributed by atoms with Crippen LogP contribution in [-0.2, 0) is 3.66 Å². The lowest BCUT2D eigenvalue weighted by atomic mass is 10.1. The number of rotatable bonds is 3. The number of ether oxygens (including phenoxy) is 1. The lowest BCUT2D eigenvalue weighted by molar-refractivity contribution is 0.340. The molecule has 1 aromatic rings. The third kappa shape index (κ3) is 3.01. The van der Waals surface area contributed by atoms with Gasteiger partial charge in [-0.25, -0.2) is 0 Å². The Morgan fingerprint density at radius 1 is 1.35 bits per heavy atom. The zero-order valence-corrected chi connectivity index (χ0v) is 12.6.